The Hall–Kier alpha value is -1.50. The normalized spacial score (nSPS) is 17.2. The number of amides is 1. The fraction of sp³-hybridized carbons (Fsp3) is 0.353. The van der Waals surface area contributed by atoms with E-state index in [2.05, 4.69) is 22.4 Å². The van der Waals surface area contributed by atoms with Crippen LogP contribution in [0.15, 0.2) is 46.7 Å². The molecule has 0 bridgehead atoms. The van der Waals surface area contributed by atoms with Gasteiger partial charge in [0.25, 0.3) is 5.91 Å². The Kier molecular flexibility index (Phi) is 5.25. The maximum Gasteiger partial charge on any atom is 0.253 e. The molecule has 2 heterocycles. The van der Waals surface area contributed by atoms with E-state index in [0.29, 0.717) is 5.56 Å². The van der Waals surface area contributed by atoms with Crippen LogP contribution in [0.5, 0.6) is 0 Å². The quantitative estimate of drug-likeness (QED) is 0.852. The maximum atomic E-state index is 12.5. The van der Waals surface area contributed by atoms with Crippen LogP contribution in [0.2, 0.25) is 0 Å². The zero-order valence-corrected chi connectivity index (χ0v) is 14.7. The summed E-state index contributed by atoms with van der Waals surface area (Å²) in [5.74, 6) is 0.0641. The second kappa shape index (κ2) is 7.38. The SMILES string of the molecule is CS(=O)c1ccc(C(=O)N2CCN(Cc3cccs3)CC2)cc1. The number of hydrogen-bond acceptors (Lipinski definition) is 4. The molecule has 1 atom stereocenters. The summed E-state index contributed by atoms with van der Waals surface area (Å²) in [7, 11) is -1.01. The molecule has 0 radical (unpaired) electrons. The summed E-state index contributed by atoms with van der Waals surface area (Å²) < 4.78 is 11.4. The van der Waals surface area contributed by atoms with E-state index in [4.69, 9.17) is 0 Å². The Labute approximate surface area is 143 Å². The number of nitrogens with zero attached hydrogens (tertiary/aromatic N) is 2. The number of rotatable bonds is 4. The summed E-state index contributed by atoms with van der Waals surface area (Å²) in [5.41, 5.74) is 0.672. The third-order valence-corrected chi connectivity index (χ3v) is 5.85. The number of benzene rings is 1. The maximum absolute atomic E-state index is 12.5. The van der Waals surface area contributed by atoms with E-state index < -0.39 is 10.8 Å². The van der Waals surface area contributed by atoms with Gasteiger partial charge in [0.05, 0.1) is 0 Å². The van der Waals surface area contributed by atoms with Gasteiger partial charge in [0.2, 0.25) is 0 Å². The van der Waals surface area contributed by atoms with Gasteiger partial charge in [-0.3, -0.25) is 13.9 Å². The van der Waals surface area contributed by atoms with Crippen molar-refractivity contribution < 1.29 is 9.00 Å². The fourth-order valence-corrected chi connectivity index (χ4v) is 3.97. The Balaban J connectivity index is 1.56. The van der Waals surface area contributed by atoms with E-state index in [9.17, 15) is 9.00 Å². The molecule has 0 spiro atoms. The van der Waals surface area contributed by atoms with E-state index >= 15 is 0 Å². The zero-order valence-electron chi connectivity index (χ0n) is 13.1. The molecule has 122 valence electrons. The van der Waals surface area contributed by atoms with Gasteiger partial charge in [-0.05, 0) is 35.7 Å². The molecule has 1 saturated heterocycles. The van der Waals surface area contributed by atoms with Crippen molar-refractivity contribution in [1.29, 1.82) is 0 Å². The van der Waals surface area contributed by atoms with E-state index in [1.165, 1.54) is 4.88 Å². The van der Waals surface area contributed by atoms with Crippen molar-refractivity contribution in [2.45, 2.75) is 11.4 Å². The van der Waals surface area contributed by atoms with Gasteiger partial charge >= 0.3 is 0 Å². The average Bonchev–Trinajstić information content (AvgIpc) is 3.08. The van der Waals surface area contributed by atoms with Crippen LogP contribution in [-0.2, 0) is 17.3 Å². The molecular weight excluding hydrogens is 328 g/mol. The first-order valence-electron chi connectivity index (χ1n) is 7.61. The topological polar surface area (TPSA) is 40.6 Å². The molecule has 1 aromatic carbocycles. The molecule has 1 unspecified atom stereocenters. The number of hydrogen-bond donors (Lipinski definition) is 0. The molecule has 1 aromatic heterocycles. The van der Waals surface area contributed by atoms with Gasteiger partial charge in [0.1, 0.15) is 0 Å². The van der Waals surface area contributed by atoms with Crippen LogP contribution >= 0.6 is 11.3 Å². The largest absolute Gasteiger partial charge is 0.336 e. The summed E-state index contributed by atoms with van der Waals surface area (Å²) in [4.78, 5) is 19.0. The van der Waals surface area contributed by atoms with Crippen LogP contribution in [0.1, 0.15) is 15.2 Å². The second-order valence-electron chi connectivity index (χ2n) is 5.63. The molecule has 3 rings (SSSR count). The Morgan fingerprint density at radius 3 is 2.39 bits per heavy atom. The lowest BCUT2D eigenvalue weighted by atomic mass is 10.2. The lowest BCUT2D eigenvalue weighted by Crippen LogP contribution is -2.48. The predicted molar refractivity (Wildman–Crippen MR) is 94.3 cm³/mol. The zero-order chi connectivity index (χ0) is 16.2. The molecular formula is C17H20N2O2S2. The van der Waals surface area contributed by atoms with Gasteiger partial charge < -0.3 is 4.90 Å². The molecule has 2 aromatic rings. The van der Waals surface area contributed by atoms with Crippen LogP contribution < -0.4 is 0 Å². The van der Waals surface area contributed by atoms with Crippen LogP contribution in [0.25, 0.3) is 0 Å². The van der Waals surface area contributed by atoms with Crippen molar-refractivity contribution >= 4 is 28.0 Å². The van der Waals surface area contributed by atoms with E-state index in [1.54, 1.807) is 41.9 Å². The molecule has 4 nitrogen and oxygen atoms in total. The molecule has 0 saturated carbocycles. The monoisotopic (exact) mass is 348 g/mol. The van der Waals surface area contributed by atoms with Crippen LogP contribution in [-0.4, -0.2) is 52.4 Å². The number of thiophene rings is 1. The summed E-state index contributed by atoms with van der Waals surface area (Å²) in [6, 6.07) is 11.3. The van der Waals surface area contributed by atoms with Gasteiger partial charge in [0, 0.05) is 65.1 Å². The minimum Gasteiger partial charge on any atom is -0.336 e. The highest BCUT2D eigenvalue weighted by atomic mass is 32.2. The second-order valence-corrected chi connectivity index (χ2v) is 8.04. The lowest BCUT2D eigenvalue weighted by Gasteiger charge is -2.34. The summed E-state index contributed by atoms with van der Waals surface area (Å²) in [6.07, 6.45) is 1.64. The standard InChI is InChI=1S/C17H20N2O2S2/c1-23(21)16-6-4-14(5-7-16)17(20)19-10-8-18(9-11-19)13-15-3-2-12-22-15/h2-7,12H,8-11,13H2,1H3. The van der Waals surface area contributed by atoms with Crippen LogP contribution in [0, 0.1) is 0 Å². The van der Waals surface area contributed by atoms with Crippen molar-refractivity contribution in [3.63, 3.8) is 0 Å². The predicted octanol–water partition coefficient (Wildman–Crippen LogP) is 2.44. The van der Waals surface area contributed by atoms with Crippen molar-refractivity contribution in [3.05, 3.63) is 52.2 Å². The van der Waals surface area contributed by atoms with E-state index in [-0.39, 0.29) is 5.91 Å². The Morgan fingerprint density at radius 1 is 1.13 bits per heavy atom. The molecule has 1 amide bonds. The van der Waals surface area contributed by atoms with Gasteiger partial charge in [0.15, 0.2) is 0 Å². The Morgan fingerprint density at radius 2 is 1.83 bits per heavy atom. The van der Waals surface area contributed by atoms with Gasteiger partial charge in [-0.2, -0.15) is 0 Å². The number of piperazine rings is 1. The smallest absolute Gasteiger partial charge is 0.253 e. The minimum absolute atomic E-state index is 0.0641. The highest BCUT2D eigenvalue weighted by molar-refractivity contribution is 7.84. The third-order valence-electron chi connectivity index (χ3n) is 4.05. The molecule has 6 heteroatoms. The molecule has 23 heavy (non-hydrogen) atoms. The number of carbonyl (C=O) groups excluding carboxylic acids is 1. The summed E-state index contributed by atoms with van der Waals surface area (Å²) in [5, 5.41) is 2.10. The molecule has 0 aliphatic carbocycles. The summed E-state index contributed by atoms with van der Waals surface area (Å²) >= 11 is 1.78. The highest BCUT2D eigenvalue weighted by Gasteiger charge is 2.22. The first kappa shape index (κ1) is 16.4. The molecule has 1 fully saturated rings. The van der Waals surface area contributed by atoms with Gasteiger partial charge in [-0.25, -0.2) is 0 Å². The van der Waals surface area contributed by atoms with Gasteiger partial charge in [-0.1, -0.05) is 6.07 Å². The van der Waals surface area contributed by atoms with E-state index in [0.717, 1.165) is 37.6 Å². The summed E-state index contributed by atoms with van der Waals surface area (Å²) in [6.45, 7) is 4.29. The van der Waals surface area contributed by atoms with E-state index in [1.807, 2.05) is 4.90 Å². The first-order chi connectivity index (χ1) is 11.1. The molecule has 1 aliphatic heterocycles. The average molecular weight is 348 g/mol. The lowest BCUT2D eigenvalue weighted by molar-refractivity contribution is 0.0629. The van der Waals surface area contributed by atoms with Crippen LogP contribution in [0.3, 0.4) is 0 Å². The molecule has 0 N–H and O–H groups in total. The van der Waals surface area contributed by atoms with Crippen LogP contribution in [0.4, 0.5) is 0 Å². The van der Waals surface area contributed by atoms with Gasteiger partial charge in [-0.15, -0.1) is 11.3 Å². The molecule has 1 aliphatic rings. The van der Waals surface area contributed by atoms with Crippen molar-refractivity contribution in [2.75, 3.05) is 32.4 Å². The van der Waals surface area contributed by atoms with Crippen molar-refractivity contribution in [1.82, 2.24) is 9.80 Å². The number of carbonyl (C=O) groups is 1. The Bertz CT molecular complexity index is 675. The minimum atomic E-state index is -1.01. The fourth-order valence-electron chi connectivity index (χ4n) is 2.70. The third kappa shape index (κ3) is 4.07. The van der Waals surface area contributed by atoms with Crippen molar-refractivity contribution in [2.24, 2.45) is 0 Å². The first-order valence-corrected chi connectivity index (χ1v) is 10.0. The highest BCUT2D eigenvalue weighted by Crippen LogP contribution is 2.15. The van der Waals surface area contributed by atoms with Crippen molar-refractivity contribution in [3.8, 4) is 0 Å².